The van der Waals surface area contributed by atoms with Crippen molar-refractivity contribution >= 4 is 11.6 Å². The van der Waals surface area contributed by atoms with Crippen LogP contribution in [0.5, 0.6) is 0 Å². The lowest BCUT2D eigenvalue weighted by Gasteiger charge is -2.17. The van der Waals surface area contributed by atoms with Gasteiger partial charge >= 0.3 is 0 Å². The molecule has 1 aromatic carbocycles. The van der Waals surface area contributed by atoms with Crippen molar-refractivity contribution in [3.63, 3.8) is 0 Å². The highest BCUT2D eigenvalue weighted by molar-refractivity contribution is 5.96. The standard InChI is InChI=1S/C12H16N2O/c1-8-3-5-9(6-4-8)14(2)12(15)10-7-11(10)13/h3-6,10-11H,7,13H2,1-2H3. The third-order valence-electron chi connectivity index (χ3n) is 2.91. The molecule has 0 spiro atoms. The van der Waals surface area contributed by atoms with Gasteiger partial charge < -0.3 is 10.6 Å². The summed E-state index contributed by atoms with van der Waals surface area (Å²) in [4.78, 5) is 13.5. The predicted molar refractivity (Wildman–Crippen MR) is 60.7 cm³/mol. The number of benzene rings is 1. The largest absolute Gasteiger partial charge is 0.327 e. The summed E-state index contributed by atoms with van der Waals surface area (Å²) in [6, 6.07) is 8.01. The van der Waals surface area contributed by atoms with Gasteiger partial charge in [-0.05, 0) is 25.5 Å². The molecule has 1 amide bonds. The Bertz CT molecular complexity index is 372. The van der Waals surface area contributed by atoms with Crippen LogP contribution in [-0.2, 0) is 4.79 Å². The first-order chi connectivity index (χ1) is 7.09. The summed E-state index contributed by atoms with van der Waals surface area (Å²) < 4.78 is 0. The summed E-state index contributed by atoms with van der Waals surface area (Å²) >= 11 is 0. The second-order valence-electron chi connectivity index (χ2n) is 4.24. The summed E-state index contributed by atoms with van der Waals surface area (Å²) in [5, 5.41) is 0. The molecular weight excluding hydrogens is 188 g/mol. The number of rotatable bonds is 2. The fourth-order valence-corrected chi connectivity index (χ4v) is 1.64. The first-order valence-corrected chi connectivity index (χ1v) is 5.19. The van der Waals surface area contributed by atoms with Gasteiger partial charge in [0.25, 0.3) is 0 Å². The van der Waals surface area contributed by atoms with Crippen LogP contribution in [0.25, 0.3) is 0 Å². The zero-order valence-corrected chi connectivity index (χ0v) is 9.10. The second-order valence-corrected chi connectivity index (χ2v) is 4.24. The molecule has 3 heteroatoms. The minimum atomic E-state index is 0.0382. The number of carbonyl (C=O) groups excluding carboxylic acids is 1. The van der Waals surface area contributed by atoms with Gasteiger partial charge in [0.2, 0.25) is 5.91 Å². The molecule has 0 radical (unpaired) electrons. The van der Waals surface area contributed by atoms with Crippen LogP contribution < -0.4 is 10.6 Å². The molecule has 2 N–H and O–H groups in total. The van der Waals surface area contributed by atoms with E-state index in [1.54, 1.807) is 11.9 Å². The Morgan fingerprint density at radius 3 is 2.40 bits per heavy atom. The van der Waals surface area contributed by atoms with Crippen molar-refractivity contribution in [1.82, 2.24) is 0 Å². The summed E-state index contributed by atoms with van der Waals surface area (Å²) in [6.45, 7) is 2.03. The number of amides is 1. The highest BCUT2D eigenvalue weighted by Gasteiger charge is 2.41. The van der Waals surface area contributed by atoms with Crippen molar-refractivity contribution in [3.05, 3.63) is 29.8 Å². The molecule has 2 atom stereocenters. The van der Waals surface area contributed by atoms with E-state index in [0.29, 0.717) is 0 Å². The van der Waals surface area contributed by atoms with Crippen molar-refractivity contribution < 1.29 is 4.79 Å². The van der Waals surface area contributed by atoms with E-state index in [0.717, 1.165) is 12.1 Å². The number of hydrogen-bond acceptors (Lipinski definition) is 2. The molecule has 3 nitrogen and oxygen atoms in total. The van der Waals surface area contributed by atoms with Crippen LogP contribution in [0.4, 0.5) is 5.69 Å². The second kappa shape index (κ2) is 3.66. The zero-order valence-electron chi connectivity index (χ0n) is 9.10. The molecule has 0 bridgehead atoms. The van der Waals surface area contributed by atoms with Gasteiger partial charge in [-0.3, -0.25) is 4.79 Å². The number of hydrogen-bond donors (Lipinski definition) is 1. The molecule has 0 saturated heterocycles. The van der Waals surface area contributed by atoms with Gasteiger partial charge in [-0.2, -0.15) is 0 Å². The number of nitrogens with zero attached hydrogens (tertiary/aromatic N) is 1. The number of anilines is 1. The molecule has 0 aliphatic heterocycles. The van der Waals surface area contributed by atoms with Gasteiger partial charge in [-0.15, -0.1) is 0 Å². The Morgan fingerprint density at radius 2 is 1.93 bits per heavy atom. The normalized spacial score (nSPS) is 23.7. The van der Waals surface area contributed by atoms with Crippen LogP contribution in [0, 0.1) is 12.8 Å². The Kier molecular flexibility index (Phi) is 2.49. The molecule has 80 valence electrons. The Balaban J connectivity index is 2.10. The lowest BCUT2D eigenvalue weighted by atomic mass is 10.2. The Morgan fingerprint density at radius 1 is 1.40 bits per heavy atom. The molecule has 2 rings (SSSR count). The van der Waals surface area contributed by atoms with Gasteiger partial charge in [0.15, 0.2) is 0 Å². The lowest BCUT2D eigenvalue weighted by molar-refractivity contribution is -0.119. The van der Waals surface area contributed by atoms with E-state index < -0.39 is 0 Å². The smallest absolute Gasteiger partial charge is 0.231 e. The van der Waals surface area contributed by atoms with Crippen LogP contribution in [0.1, 0.15) is 12.0 Å². The van der Waals surface area contributed by atoms with E-state index in [-0.39, 0.29) is 17.9 Å². The lowest BCUT2D eigenvalue weighted by Crippen LogP contribution is -2.29. The van der Waals surface area contributed by atoms with E-state index in [1.165, 1.54) is 5.56 Å². The highest BCUT2D eigenvalue weighted by atomic mass is 16.2. The summed E-state index contributed by atoms with van der Waals surface area (Å²) in [5.41, 5.74) is 7.79. The third-order valence-corrected chi connectivity index (χ3v) is 2.91. The average molecular weight is 204 g/mol. The molecule has 1 fully saturated rings. The molecule has 1 aliphatic rings. The van der Waals surface area contributed by atoms with Crippen molar-refractivity contribution in [2.75, 3.05) is 11.9 Å². The molecule has 15 heavy (non-hydrogen) atoms. The van der Waals surface area contributed by atoms with E-state index in [2.05, 4.69) is 0 Å². The molecule has 0 heterocycles. The number of carbonyl (C=O) groups is 1. The maximum atomic E-state index is 11.8. The van der Waals surface area contributed by atoms with Crippen LogP contribution in [-0.4, -0.2) is 19.0 Å². The molecular formula is C12H16N2O. The fourth-order valence-electron chi connectivity index (χ4n) is 1.64. The van der Waals surface area contributed by atoms with Crippen LogP contribution >= 0.6 is 0 Å². The quantitative estimate of drug-likeness (QED) is 0.789. The SMILES string of the molecule is Cc1ccc(N(C)C(=O)C2CC2N)cc1. The number of aryl methyl sites for hydroxylation is 1. The summed E-state index contributed by atoms with van der Waals surface area (Å²) in [7, 11) is 1.80. The maximum absolute atomic E-state index is 11.8. The topological polar surface area (TPSA) is 46.3 Å². The number of nitrogens with two attached hydrogens (primary N) is 1. The fraction of sp³-hybridized carbons (Fsp3) is 0.417. The highest BCUT2D eigenvalue weighted by Crippen LogP contribution is 2.31. The van der Waals surface area contributed by atoms with Crippen molar-refractivity contribution in [2.24, 2.45) is 11.7 Å². The van der Waals surface area contributed by atoms with Gasteiger partial charge in [0, 0.05) is 18.8 Å². The minimum absolute atomic E-state index is 0.0382. The van der Waals surface area contributed by atoms with Gasteiger partial charge in [-0.1, -0.05) is 17.7 Å². The monoisotopic (exact) mass is 204 g/mol. The third kappa shape index (κ3) is 2.02. The maximum Gasteiger partial charge on any atom is 0.231 e. The van der Waals surface area contributed by atoms with Crippen molar-refractivity contribution in [2.45, 2.75) is 19.4 Å². The first-order valence-electron chi connectivity index (χ1n) is 5.19. The van der Waals surface area contributed by atoms with Gasteiger partial charge in [0.05, 0.1) is 5.92 Å². The minimum Gasteiger partial charge on any atom is -0.327 e. The van der Waals surface area contributed by atoms with E-state index in [4.69, 9.17) is 5.73 Å². The first kappa shape index (κ1) is 10.2. The molecule has 1 aliphatic carbocycles. The molecule has 1 aromatic rings. The van der Waals surface area contributed by atoms with Crippen molar-refractivity contribution in [1.29, 1.82) is 0 Å². The molecule has 2 unspecified atom stereocenters. The average Bonchev–Trinajstić information content (AvgIpc) is 2.94. The van der Waals surface area contributed by atoms with E-state index in [1.807, 2.05) is 31.2 Å². The Labute approximate surface area is 89.9 Å². The van der Waals surface area contributed by atoms with Gasteiger partial charge in [0.1, 0.15) is 0 Å². The summed E-state index contributed by atoms with van der Waals surface area (Å²) in [6.07, 6.45) is 0.828. The van der Waals surface area contributed by atoms with Crippen LogP contribution in [0.3, 0.4) is 0 Å². The van der Waals surface area contributed by atoms with E-state index >= 15 is 0 Å². The molecule has 1 saturated carbocycles. The van der Waals surface area contributed by atoms with Crippen LogP contribution in [0.2, 0.25) is 0 Å². The van der Waals surface area contributed by atoms with Crippen molar-refractivity contribution in [3.8, 4) is 0 Å². The van der Waals surface area contributed by atoms with Gasteiger partial charge in [-0.25, -0.2) is 0 Å². The summed E-state index contributed by atoms with van der Waals surface area (Å²) in [5.74, 6) is 0.169. The van der Waals surface area contributed by atoms with Crippen LogP contribution in [0.15, 0.2) is 24.3 Å². The molecule has 0 aromatic heterocycles. The zero-order chi connectivity index (χ0) is 11.0. The predicted octanol–water partition coefficient (Wildman–Crippen LogP) is 1.31. The Hall–Kier alpha value is -1.35. The van der Waals surface area contributed by atoms with E-state index in [9.17, 15) is 4.79 Å².